The van der Waals surface area contributed by atoms with Gasteiger partial charge in [-0.2, -0.15) is 5.26 Å². The Labute approximate surface area is 135 Å². The molecule has 0 fully saturated rings. The van der Waals surface area contributed by atoms with E-state index in [1.54, 1.807) is 24.3 Å². The molecule has 5 nitrogen and oxygen atoms in total. The molecule has 0 aromatic heterocycles. The van der Waals surface area contributed by atoms with Crippen LogP contribution in [0.3, 0.4) is 0 Å². The quantitative estimate of drug-likeness (QED) is 0.633. The van der Waals surface area contributed by atoms with Gasteiger partial charge >= 0.3 is 0 Å². The second-order valence-corrected chi connectivity index (χ2v) is 4.62. The summed E-state index contributed by atoms with van der Waals surface area (Å²) in [6, 6.07) is 18.2. The van der Waals surface area contributed by atoms with Crippen molar-refractivity contribution in [3.8, 4) is 17.6 Å². The van der Waals surface area contributed by atoms with Gasteiger partial charge in [0.1, 0.15) is 23.1 Å². The van der Waals surface area contributed by atoms with Crippen molar-refractivity contribution in [2.24, 2.45) is 0 Å². The zero-order valence-corrected chi connectivity index (χ0v) is 12.7. The van der Waals surface area contributed by atoms with Gasteiger partial charge in [0, 0.05) is 18.4 Å². The molecule has 0 saturated heterocycles. The van der Waals surface area contributed by atoms with Crippen molar-refractivity contribution in [3.63, 3.8) is 0 Å². The van der Waals surface area contributed by atoms with Crippen LogP contribution >= 0.6 is 0 Å². The molecule has 2 aromatic carbocycles. The van der Waals surface area contributed by atoms with Gasteiger partial charge in [-0.05, 0) is 43.3 Å². The van der Waals surface area contributed by atoms with E-state index in [2.05, 4.69) is 10.6 Å². The predicted molar refractivity (Wildman–Crippen MR) is 89.0 cm³/mol. The van der Waals surface area contributed by atoms with Crippen LogP contribution in [0.5, 0.6) is 11.5 Å². The van der Waals surface area contributed by atoms with E-state index < -0.39 is 5.91 Å². The monoisotopic (exact) mass is 307 g/mol. The van der Waals surface area contributed by atoms with Crippen LogP contribution in [-0.4, -0.2) is 12.5 Å². The SMILES string of the molecule is CCN/C=C(/C#N)C(=O)Nc1ccc(Oc2ccccc2)cc1. The maximum Gasteiger partial charge on any atom is 0.267 e. The molecule has 2 aromatic rings. The van der Waals surface area contributed by atoms with Gasteiger partial charge in [-0.15, -0.1) is 0 Å². The van der Waals surface area contributed by atoms with Gasteiger partial charge in [0.05, 0.1) is 0 Å². The van der Waals surface area contributed by atoms with E-state index in [0.29, 0.717) is 18.0 Å². The average Bonchev–Trinajstić information content (AvgIpc) is 2.58. The van der Waals surface area contributed by atoms with Crippen molar-refractivity contribution in [3.05, 3.63) is 66.4 Å². The highest BCUT2D eigenvalue weighted by Crippen LogP contribution is 2.22. The van der Waals surface area contributed by atoms with Crippen LogP contribution in [0.2, 0.25) is 0 Å². The van der Waals surface area contributed by atoms with Crippen LogP contribution in [-0.2, 0) is 4.79 Å². The number of carbonyl (C=O) groups is 1. The van der Waals surface area contributed by atoms with Gasteiger partial charge in [-0.3, -0.25) is 4.79 Å². The molecular formula is C18H17N3O2. The zero-order valence-electron chi connectivity index (χ0n) is 12.7. The Kier molecular flexibility index (Phi) is 5.78. The fourth-order valence-corrected chi connectivity index (χ4v) is 1.78. The van der Waals surface area contributed by atoms with Crippen LogP contribution < -0.4 is 15.4 Å². The molecule has 0 atom stereocenters. The lowest BCUT2D eigenvalue weighted by molar-refractivity contribution is -0.112. The summed E-state index contributed by atoms with van der Waals surface area (Å²) in [4.78, 5) is 12.0. The van der Waals surface area contributed by atoms with Gasteiger partial charge in [0.2, 0.25) is 0 Å². The first-order chi connectivity index (χ1) is 11.2. The lowest BCUT2D eigenvalue weighted by Crippen LogP contribution is -2.16. The molecule has 23 heavy (non-hydrogen) atoms. The van der Waals surface area contributed by atoms with Crippen LogP contribution in [0, 0.1) is 11.3 Å². The zero-order chi connectivity index (χ0) is 16.5. The molecule has 0 heterocycles. The highest BCUT2D eigenvalue weighted by Gasteiger charge is 2.09. The van der Waals surface area contributed by atoms with Gasteiger partial charge < -0.3 is 15.4 Å². The summed E-state index contributed by atoms with van der Waals surface area (Å²) < 4.78 is 5.67. The average molecular weight is 307 g/mol. The summed E-state index contributed by atoms with van der Waals surface area (Å²) in [6.45, 7) is 2.53. The summed E-state index contributed by atoms with van der Waals surface area (Å²) in [5.41, 5.74) is 0.615. The molecular weight excluding hydrogens is 290 g/mol. The summed E-state index contributed by atoms with van der Waals surface area (Å²) in [5, 5.41) is 14.5. The van der Waals surface area contributed by atoms with Gasteiger partial charge in [0.15, 0.2) is 0 Å². The van der Waals surface area contributed by atoms with E-state index in [4.69, 9.17) is 10.00 Å². The molecule has 2 N–H and O–H groups in total. The smallest absolute Gasteiger partial charge is 0.267 e. The molecule has 0 spiro atoms. The van der Waals surface area contributed by atoms with Crippen molar-refractivity contribution in [2.45, 2.75) is 6.92 Å². The Morgan fingerprint density at radius 2 is 1.78 bits per heavy atom. The summed E-state index contributed by atoms with van der Waals surface area (Å²) in [7, 11) is 0. The third-order valence-electron chi connectivity index (χ3n) is 2.91. The van der Waals surface area contributed by atoms with E-state index in [1.165, 1.54) is 6.20 Å². The van der Waals surface area contributed by atoms with Crippen molar-refractivity contribution in [1.82, 2.24) is 5.32 Å². The second-order valence-electron chi connectivity index (χ2n) is 4.62. The van der Waals surface area contributed by atoms with E-state index in [1.807, 2.05) is 43.3 Å². The molecule has 116 valence electrons. The molecule has 2 rings (SSSR count). The molecule has 0 unspecified atom stereocenters. The number of nitrogens with one attached hydrogen (secondary N) is 2. The number of carbonyl (C=O) groups excluding carboxylic acids is 1. The van der Waals surface area contributed by atoms with Crippen molar-refractivity contribution >= 4 is 11.6 Å². The topological polar surface area (TPSA) is 74.2 Å². The highest BCUT2D eigenvalue weighted by atomic mass is 16.5. The number of amides is 1. The van der Waals surface area contributed by atoms with E-state index in [9.17, 15) is 4.79 Å². The van der Waals surface area contributed by atoms with Gasteiger partial charge in [-0.25, -0.2) is 0 Å². The number of nitriles is 1. The summed E-state index contributed by atoms with van der Waals surface area (Å²) in [5.74, 6) is 0.952. The first-order valence-corrected chi connectivity index (χ1v) is 7.21. The number of para-hydroxylation sites is 1. The standard InChI is InChI=1S/C18H17N3O2/c1-2-20-13-14(12-19)18(22)21-15-8-10-17(11-9-15)23-16-6-4-3-5-7-16/h3-11,13,20H,2H2,1H3,(H,21,22)/b14-13-. The minimum atomic E-state index is -0.454. The van der Waals surface area contributed by atoms with E-state index in [-0.39, 0.29) is 5.57 Å². The minimum Gasteiger partial charge on any atom is -0.457 e. The van der Waals surface area contributed by atoms with Gasteiger partial charge in [0.25, 0.3) is 5.91 Å². The fourth-order valence-electron chi connectivity index (χ4n) is 1.78. The number of ether oxygens (including phenoxy) is 1. The minimum absolute atomic E-state index is 0.0245. The van der Waals surface area contributed by atoms with Gasteiger partial charge in [-0.1, -0.05) is 18.2 Å². The number of hydrogen-bond donors (Lipinski definition) is 2. The Morgan fingerprint density at radius 3 is 2.39 bits per heavy atom. The largest absolute Gasteiger partial charge is 0.457 e. The van der Waals surface area contributed by atoms with Crippen molar-refractivity contribution < 1.29 is 9.53 Å². The molecule has 1 amide bonds. The summed E-state index contributed by atoms with van der Waals surface area (Å²) >= 11 is 0. The van der Waals surface area contributed by atoms with Crippen LogP contribution in [0.15, 0.2) is 66.4 Å². The molecule has 5 heteroatoms. The lowest BCUT2D eigenvalue weighted by atomic mass is 10.2. The number of benzene rings is 2. The van der Waals surface area contributed by atoms with E-state index >= 15 is 0 Å². The number of anilines is 1. The number of rotatable bonds is 6. The van der Waals surface area contributed by atoms with Crippen LogP contribution in [0.4, 0.5) is 5.69 Å². The van der Waals surface area contributed by atoms with Crippen molar-refractivity contribution in [2.75, 3.05) is 11.9 Å². The molecule has 0 radical (unpaired) electrons. The molecule has 0 bridgehead atoms. The molecule has 0 aliphatic rings. The Balaban J connectivity index is 2.00. The summed E-state index contributed by atoms with van der Waals surface area (Å²) in [6.07, 6.45) is 1.40. The Hall–Kier alpha value is -3.26. The van der Waals surface area contributed by atoms with E-state index in [0.717, 1.165) is 5.75 Å². The number of nitrogens with zero attached hydrogens (tertiary/aromatic N) is 1. The normalized spacial score (nSPS) is 10.5. The fraction of sp³-hybridized carbons (Fsp3) is 0.111. The van der Waals surface area contributed by atoms with Crippen molar-refractivity contribution in [1.29, 1.82) is 5.26 Å². The maximum atomic E-state index is 12.0. The van der Waals surface area contributed by atoms with Crippen LogP contribution in [0.25, 0.3) is 0 Å². The molecule has 0 aliphatic carbocycles. The van der Waals surface area contributed by atoms with Crippen LogP contribution in [0.1, 0.15) is 6.92 Å². The number of hydrogen-bond acceptors (Lipinski definition) is 4. The Bertz CT molecular complexity index is 716. The molecule has 0 saturated carbocycles. The lowest BCUT2D eigenvalue weighted by Gasteiger charge is -2.08. The highest BCUT2D eigenvalue weighted by molar-refractivity contribution is 6.06. The Morgan fingerprint density at radius 1 is 1.13 bits per heavy atom. The maximum absolute atomic E-state index is 12.0. The first-order valence-electron chi connectivity index (χ1n) is 7.21. The predicted octanol–water partition coefficient (Wildman–Crippen LogP) is 3.43. The second kappa shape index (κ2) is 8.25. The molecule has 0 aliphatic heterocycles. The third-order valence-corrected chi connectivity index (χ3v) is 2.91. The third kappa shape index (κ3) is 4.90. The first kappa shape index (κ1) is 16.1.